The zero-order valence-corrected chi connectivity index (χ0v) is 38.9. The molecule has 0 spiro atoms. The van der Waals surface area contributed by atoms with Crippen LogP contribution < -0.4 is 4.90 Å². The summed E-state index contributed by atoms with van der Waals surface area (Å²) in [4.78, 5) is 2.39. The van der Waals surface area contributed by atoms with Crippen molar-refractivity contribution in [3.05, 3.63) is 267 Å². The van der Waals surface area contributed by atoms with Crippen molar-refractivity contribution in [2.45, 2.75) is 6.92 Å². The third-order valence-electron chi connectivity index (χ3n) is 13.7. The number of hydrogen-bond donors (Lipinski definition) is 0. The Morgan fingerprint density at radius 2 is 1.03 bits per heavy atom. The molecule has 1 heterocycles. The fraction of sp³-hybridized carbons (Fsp3) is 0.0294. The van der Waals surface area contributed by atoms with Crippen molar-refractivity contribution in [3.63, 3.8) is 0 Å². The maximum atomic E-state index is 4.04. The molecule has 0 saturated carbocycles. The van der Waals surface area contributed by atoms with Crippen LogP contribution in [-0.4, -0.2) is 4.57 Å². The first kappa shape index (κ1) is 42.2. The first-order chi connectivity index (χ1) is 34.7. The normalized spacial score (nSPS) is 11.9. The summed E-state index contributed by atoms with van der Waals surface area (Å²) < 4.78 is 2.27. The predicted molar refractivity (Wildman–Crippen MR) is 300 cm³/mol. The molecule has 330 valence electrons. The molecule has 12 rings (SSSR count). The molecule has 2 heteroatoms. The first-order valence-electron chi connectivity index (χ1n) is 24.0. The SMILES string of the molecule is C=CC(C#Cc1cn(-c2ccc(N(c3ccccc3)c3ccc(-c4c5ccccc5c(-c5cccc6ccccc56)c5ccccc45)c4ccccc34)cc2)c2ccc(-c3ccccc3)cc12)/C=C\C. The lowest BCUT2D eigenvalue weighted by Gasteiger charge is -2.28. The lowest BCUT2D eigenvalue weighted by Crippen LogP contribution is -2.10. The molecule has 0 aliphatic heterocycles. The number of hydrogen-bond acceptors (Lipinski definition) is 1. The molecular formula is C68H48N2. The minimum atomic E-state index is -0.0333. The Kier molecular flexibility index (Phi) is 10.9. The fourth-order valence-electron chi connectivity index (χ4n) is 10.5. The van der Waals surface area contributed by atoms with E-state index in [9.17, 15) is 0 Å². The van der Waals surface area contributed by atoms with Crippen molar-refractivity contribution in [2.24, 2.45) is 5.92 Å². The smallest absolute Gasteiger partial charge is 0.0564 e. The maximum Gasteiger partial charge on any atom is 0.0564 e. The van der Waals surface area contributed by atoms with Gasteiger partial charge in [0, 0.05) is 34.0 Å². The minimum absolute atomic E-state index is 0.0333. The summed E-state index contributed by atoms with van der Waals surface area (Å²) in [6.07, 6.45) is 8.19. The fourth-order valence-corrected chi connectivity index (χ4v) is 10.5. The summed E-state index contributed by atoms with van der Waals surface area (Å²) in [6.45, 7) is 6.06. The average molecular weight is 893 g/mol. The number of anilines is 3. The van der Waals surface area contributed by atoms with E-state index in [2.05, 4.69) is 271 Å². The Balaban J connectivity index is 1.01. The Labute approximate surface area is 409 Å². The van der Waals surface area contributed by atoms with Crippen molar-refractivity contribution in [1.82, 2.24) is 4.57 Å². The molecule has 12 aromatic rings. The maximum absolute atomic E-state index is 4.04. The highest BCUT2D eigenvalue weighted by Crippen LogP contribution is 2.49. The van der Waals surface area contributed by atoms with Gasteiger partial charge in [0.1, 0.15) is 0 Å². The van der Waals surface area contributed by atoms with E-state index < -0.39 is 0 Å². The van der Waals surface area contributed by atoms with Gasteiger partial charge in [0.15, 0.2) is 0 Å². The summed E-state index contributed by atoms with van der Waals surface area (Å²) in [6, 6.07) is 83.8. The van der Waals surface area contributed by atoms with E-state index >= 15 is 0 Å². The molecule has 70 heavy (non-hydrogen) atoms. The quantitative estimate of drug-likeness (QED) is 0.0796. The second-order valence-corrected chi connectivity index (χ2v) is 17.8. The Hall–Kier alpha value is -9.16. The van der Waals surface area contributed by atoms with E-state index in [1.165, 1.54) is 70.9 Å². The number of allylic oxidation sites excluding steroid dienone is 3. The van der Waals surface area contributed by atoms with Gasteiger partial charge in [0.05, 0.1) is 22.7 Å². The van der Waals surface area contributed by atoms with Gasteiger partial charge in [-0.25, -0.2) is 0 Å². The summed E-state index contributed by atoms with van der Waals surface area (Å²) in [5.41, 5.74) is 13.7. The van der Waals surface area contributed by atoms with Crippen LogP contribution in [0.1, 0.15) is 12.5 Å². The van der Waals surface area contributed by atoms with Crippen LogP contribution in [0.25, 0.3) is 93.1 Å². The molecular weight excluding hydrogens is 845 g/mol. The topological polar surface area (TPSA) is 8.17 Å². The lowest BCUT2D eigenvalue weighted by atomic mass is 9.83. The van der Waals surface area contributed by atoms with Gasteiger partial charge in [-0.3, -0.25) is 0 Å². The largest absolute Gasteiger partial charge is 0.315 e. The molecule has 1 atom stereocenters. The van der Waals surface area contributed by atoms with Gasteiger partial charge in [-0.2, -0.15) is 0 Å². The van der Waals surface area contributed by atoms with Crippen LogP contribution in [0.4, 0.5) is 17.1 Å². The van der Waals surface area contributed by atoms with Crippen molar-refractivity contribution < 1.29 is 0 Å². The van der Waals surface area contributed by atoms with E-state index in [4.69, 9.17) is 0 Å². The van der Waals surface area contributed by atoms with Gasteiger partial charge in [0.2, 0.25) is 0 Å². The summed E-state index contributed by atoms with van der Waals surface area (Å²) in [5.74, 6) is 6.95. The molecule has 0 saturated heterocycles. The van der Waals surface area contributed by atoms with E-state index in [0.29, 0.717) is 0 Å². The molecule has 0 fully saturated rings. The Morgan fingerprint density at radius 3 is 1.69 bits per heavy atom. The van der Waals surface area contributed by atoms with Crippen LogP contribution in [0.3, 0.4) is 0 Å². The molecule has 11 aromatic carbocycles. The molecule has 0 bridgehead atoms. The number of nitrogens with zero attached hydrogens (tertiary/aromatic N) is 2. The molecule has 0 N–H and O–H groups in total. The second kappa shape index (κ2) is 18.1. The minimum Gasteiger partial charge on any atom is -0.315 e. The van der Waals surface area contributed by atoms with Crippen LogP contribution in [0, 0.1) is 17.8 Å². The van der Waals surface area contributed by atoms with E-state index in [1.54, 1.807) is 0 Å². The van der Waals surface area contributed by atoms with Gasteiger partial charge in [-0.05, 0) is 133 Å². The van der Waals surface area contributed by atoms with Gasteiger partial charge >= 0.3 is 0 Å². The van der Waals surface area contributed by atoms with Crippen LogP contribution in [0.5, 0.6) is 0 Å². The van der Waals surface area contributed by atoms with Crippen molar-refractivity contribution >= 4 is 71.1 Å². The highest BCUT2D eigenvalue weighted by molar-refractivity contribution is 6.25. The van der Waals surface area contributed by atoms with Crippen molar-refractivity contribution in [2.75, 3.05) is 4.90 Å². The molecule has 1 unspecified atom stereocenters. The Bertz CT molecular complexity index is 3970. The number of rotatable bonds is 9. The van der Waals surface area contributed by atoms with Crippen molar-refractivity contribution in [1.29, 1.82) is 0 Å². The number of benzene rings is 11. The highest BCUT2D eigenvalue weighted by atomic mass is 15.1. The summed E-state index contributed by atoms with van der Waals surface area (Å²) in [5, 5.41) is 10.9. The molecule has 0 radical (unpaired) electrons. The van der Waals surface area contributed by atoms with Gasteiger partial charge < -0.3 is 9.47 Å². The van der Waals surface area contributed by atoms with Crippen LogP contribution in [0.15, 0.2) is 262 Å². The van der Waals surface area contributed by atoms with E-state index in [0.717, 1.165) is 44.8 Å². The molecule has 2 nitrogen and oxygen atoms in total. The lowest BCUT2D eigenvalue weighted by molar-refractivity contribution is 1.11. The van der Waals surface area contributed by atoms with Gasteiger partial charge in [-0.1, -0.05) is 206 Å². The number of para-hydroxylation sites is 1. The number of aromatic nitrogens is 1. The van der Waals surface area contributed by atoms with Crippen LogP contribution in [-0.2, 0) is 0 Å². The highest BCUT2D eigenvalue weighted by Gasteiger charge is 2.22. The van der Waals surface area contributed by atoms with Crippen molar-refractivity contribution in [3.8, 4) is 50.9 Å². The average Bonchev–Trinajstić information content (AvgIpc) is 3.80. The standard InChI is InChI=1S/C68H48N2/c1-3-20-47(4-2)35-36-51-46-69(65-43-37-50(45-64(51)65)48-21-7-5-8-22-48)52-38-40-54(41-39-52)70(53-25-9-6-10-26-53)66-44-42-63(56-28-13-14-29-57(56)66)68-61-32-17-15-30-59(61)67(60-31-16-18-33-62(60)68)58-34-19-24-49-23-11-12-27-55(49)58/h3-34,37-47H,2H2,1H3/b20-3-. The van der Waals surface area contributed by atoms with Gasteiger partial charge in [0.25, 0.3) is 0 Å². The van der Waals surface area contributed by atoms with E-state index in [-0.39, 0.29) is 5.92 Å². The molecule has 0 amide bonds. The summed E-state index contributed by atoms with van der Waals surface area (Å²) in [7, 11) is 0. The third kappa shape index (κ3) is 7.42. The predicted octanol–water partition coefficient (Wildman–Crippen LogP) is 18.4. The molecule has 1 aromatic heterocycles. The summed E-state index contributed by atoms with van der Waals surface area (Å²) >= 11 is 0. The first-order valence-corrected chi connectivity index (χ1v) is 24.0. The number of fused-ring (bicyclic) bond motifs is 5. The van der Waals surface area contributed by atoms with Gasteiger partial charge in [-0.15, -0.1) is 6.58 Å². The second-order valence-electron chi connectivity index (χ2n) is 17.8. The Morgan fingerprint density at radius 1 is 0.471 bits per heavy atom. The van der Waals surface area contributed by atoms with E-state index in [1.807, 2.05) is 19.1 Å². The monoisotopic (exact) mass is 892 g/mol. The zero-order valence-electron chi connectivity index (χ0n) is 38.9. The van der Waals surface area contributed by atoms with Crippen LogP contribution in [0.2, 0.25) is 0 Å². The molecule has 0 aliphatic rings. The molecule has 0 aliphatic carbocycles. The van der Waals surface area contributed by atoms with Crippen LogP contribution >= 0.6 is 0 Å². The zero-order chi connectivity index (χ0) is 47.0. The third-order valence-corrected chi connectivity index (χ3v) is 13.7.